The van der Waals surface area contributed by atoms with E-state index < -0.39 is 0 Å². The van der Waals surface area contributed by atoms with Crippen LogP contribution in [0.15, 0.2) is 36.9 Å². The molecule has 4 nitrogen and oxygen atoms in total. The molecule has 0 aliphatic heterocycles. The highest BCUT2D eigenvalue weighted by Crippen LogP contribution is 2.18. The maximum absolute atomic E-state index is 12.1. The van der Waals surface area contributed by atoms with E-state index in [1.807, 2.05) is 0 Å². The number of rotatable bonds is 5. The van der Waals surface area contributed by atoms with Gasteiger partial charge in [-0.2, -0.15) is 0 Å². The molecule has 4 heteroatoms. The smallest absolute Gasteiger partial charge is 0.251 e. The molecule has 2 amide bonds. The van der Waals surface area contributed by atoms with E-state index >= 15 is 0 Å². The maximum Gasteiger partial charge on any atom is 0.251 e. The molecular formula is C16H20N2O2. The molecule has 106 valence electrons. The van der Waals surface area contributed by atoms with Gasteiger partial charge in [-0.3, -0.25) is 9.59 Å². The molecule has 20 heavy (non-hydrogen) atoms. The molecule has 0 heterocycles. The second-order valence-electron chi connectivity index (χ2n) is 5.03. The minimum atomic E-state index is -0.194. The second-order valence-corrected chi connectivity index (χ2v) is 5.03. The van der Waals surface area contributed by atoms with Crippen molar-refractivity contribution >= 4 is 11.8 Å². The van der Waals surface area contributed by atoms with Crippen molar-refractivity contribution in [2.45, 2.75) is 31.7 Å². The fraction of sp³-hybridized carbons (Fsp3) is 0.375. The molecule has 0 unspecified atom stereocenters. The number of benzene rings is 1. The topological polar surface area (TPSA) is 58.2 Å². The summed E-state index contributed by atoms with van der Waals surface area (Å²) in [4.78, 5) is 24.0. The zero-order chi connectivity index (χ0) is 14.4. The zero-order valence-corrected chi connectivity index (χ0v) is 11.5. The first-order valence-corrected chi connectivity index (χ1v) is 7.00. The molecule has 2 N–H and O–H groups in total. The van der Waals surface area contributed by atoms with Crippen LogP contribution in [0.1, 0.15) is 46.4 Å². The highest BCUT2D eigenvalue weighted by molar-refractivity contribution is 5.99. The molecule has 0 bridgehead atoms. The Kier molecular flexibility index (Phi) is 4.93. The molecule has 0 radical (unpaired) electrons. The summed E-state index contributed by atoms with van der Waals surface area (Å²) in [6, 6.07) is 7.06. The number of amides is 2. The number of carbonyl (C=O) groups excluding carboxylic acids is 2. The monoisotopic (exact) mass is 272 g/mol. The van der Waals surface area contributed by atoms with E-state index in [1.165, 1.54) is 12.8 Å². The Bertz CT molecular complexity index is 505. The van der Waals surface area contributed by atoms with Crippen molar-refractivity contribution in [3.05, 3.63) is 48.0 Å². The van der Waals surface area contributed by atoms with Gasteiger partial charge in [0.1, 0.15) is 0 Å². The quantitative estimate of drug-likeness (QED) is 0.808. The third-order valence-electron chi connectivity index (χ3n) is 3.48. The first kappa shape index (κ1) is 14.3. The van der Waals surface area contributed by atoms with Crippen molar-refractivity contribution in [3.63, 3.8) is 0 Å². The number of carbonyl (C=O) groups is 2. The predicted octanol–water partition coefficient (Wildman–Crippen LogP) is 2.27. The van der Waals surface area contributed by atoms with Crippen LogP contribution in [0, 0.1) is 0 Å². The van der Waals surface area contributed by atoms with Gasteiger partial charge in [0.15, 0.2) is 0 Å². The van der Waals surface area contributed by atoms with Crippen LogP contribution in [-0.2, 0) is 0 Å². The first-order chi connectivity index (χ1) is 9.70. The third-order valence-corrected chi connectivity index (χ3v) is 3.48. The molecule has 1 fully saturated rings. The van der Waals surface area contributed by atoms with Crippen LogP contribution in [0.5, 0.6) is 0 Å². The van der Waals surface area contributed by atoms with Crippen LogP contribution in [0.2, 0.25) is 0 Å². The maximum atomic E-state index is 12.1. The second kappa shape index (κ2) is 6.89. The Morgan fingerprint density at radius 1 is 1.20 bits per heavy atom. The van der Waals surface area contributed by atoms with Crippen molar-refractivity contribution in [1.82, 2.24) is 10.6 Å². The average molecular weight is 272 g/mol. The van der Waals surface area contributed by atoms with E-state index in [0.29, 0.717) is 17.7 Å². The van der Waals surface area contributed by atoms with Gasteiger partial charge in [0, 0.05) is 23.7 Å². The summed E-state index contributed by atoms with van der Waals surface area (Å²) in [5.74, 6) is -0.296. The lowest BCUT2D eigenvalue weighted by Gasteiger charge is -2.12. The summed E-state index contributed by atoms with van der Waals surface area (Å²) >= 11 is 0. The summed E-state index contributed by atoms with van der Waals surface area (Å²) in [7, 11) is 0. The summed E-state index contributed by atoms with van der Waals surface area (Å²) < 4.78 is 0. The van der Waals surface area contributed by atoms with Crippen molar-refractivity contribution in [1.29, 1.82) is 0 Å². The van der Waals surface area contributed by atoms with Gasteiger partial charge < -0.3 is 10.6 Å². The Balaban J connectivity index is 2.02. The summed E-state index contributed by atoms with van der Waals surface area (Å²) in [6.07, 6.45) is 6.06. The van der Waals surface area contributed by atoms with Gasteiger partial charge in [0.25, 0.3) is 11.8 Å². The normalized spacial score (nSPS) is 14.8. The highest BCUT2D eigenvalue weighted by Gasteiger charge is 2.18. The summed E-state index contributed by atoms with van der Waals surface area (Å²) in [5.41, 5.74) is 1.02. The lowest BCUT2D eigenvalue weighted by Crippen LogP contribution is -2.32. The molecule has 1 saturated carbocycles. The summed E-state index contributed by atoms with van der Waals surface area (Å²) in [5, 5.41) is 5.72. The largest absolute Gasteiger partial charge is 0.349 e. The van der Waals surface area contributed by atoms with Crippen LogP contribution >= 0.6 is 0 Å². The number of hydrogen-bond acceptors (Lipinski definition) is 2. The molecule has 0 aromatic heterocycles. The minimum absolute atomic E-state index is 0.102. The molecule has 0 atom stereocenters. The fourth-order valence-electron chi connectivity index (χ4n) is 2.41. The van der Waals surface area contributed by atoms with Gasteiger partial charge >= 0.3 is 0 Å². The first-order valence-electron chi connectivity index (χ1n) is 7.00. The lowest BCUT2D eigenvalue weighted by atomic mass is 10.1. The van der Waals surface area contributed by atoms with Crippen LogP contribution in [0.3, 0.4) is 0 Å². The zero-order valence-electron chi connectivity index (χ0n) is 11.5. The van der Waals surface area contributed by atoms with Crippen molar-refractivity contribution < 1.29 is 9.59 Å². The molecule has 0 saturated heterocycles. The highest BCUT2D eigenvalue weighted by atomic mass is 16.2. The Hall–Kier alpha value is -2.10. The van der Waals surface area contributed by atoms with Crippen molar-refractivity contribution in [2.75, 3.05) is 6.54 Å². The van der Waals surface area contributed by atoms with E-state index in [1.54, 1.807) is 30.3 Å². The van der Waals surface area contributed by atoms with Gasteiger partial charge in [0.2, 0.25) is 0 Å². The molecule has 1 aliphatic carbocycles. The van der Waals surface area contributed by atoms with Gasteiger partial charge in [-0.05, 0) is 31.0 Å². The molecule has 0 spiro atoms. The van der Waals surface area contributed by atoms with E-state index in [-0.39, 0.29) is 17.9 Å². The Morgan fingerprint density at radius 3 is 2.50 bits per heavy atom. The molecule has 1 aliphatic rings. The van der Waals surface area contributed by atoms with Crippen LogP contribution in [-0.4, -0.2) is 24.4 Å². The average Bonchev–Trinajstić information content (AvgIpc) is 2.97. The fourth-order valence-corrected chi connectivity index (χ4v) is 2.41. The lowest BCUT2D eigenvalue weighted by molar-refractivity contribution is 0.0938. The van der Waals surface area contributed by atoms with Gasteiger partial charge in [-0.25, -0.2) is 0 Å². The number of hydrogen-bond donors (Lipinski definition) is 2. The molecular weight excluding hydrogens is 252 g/mol. The van der Waals surface area contributed by atoms with E-state index in [4.69, 9.17) is 0 Å². The van der Waals surface area contributed by atoms with E-state index in [9.17, 15) is 9.59 Å². The van der Waals surface area contributed by atoms with Crippen LogP contribution in [0.25, 0.3) is 0 Å². The van der Waals surface area contributed by atoms with Crippen LogP contribution in [0.4, 0.5) is 0 Å². The SMILES string of the molecule is C=CCNC(=O)c1cccc(C(=O)NC2CCCC2)c1. The molecule has 2 rings (SSSR count). The summed E-state index contributed by atoms with van der Waals surface area (Å²) in [6.45, 7) is 3.96. The van der Waals surface area contributed by atoms with E-state index in [0.717, 1.165) is 12.8 Å². The van der Waals surface area contributed by atoms with Gasteiger partial charge in [-0.15, -0.1) is 6.58 Å². The van der Waals surface area contributed by atoms with Gasteiger partial charge in [-0.1, -0.05) is 25.0 Å². The predicted molar refractivity (Wildman–Crippen MR) is 78.7 cm³/mol. The van der Waals surface area contributed by atoms with Crippen LogP contribution < -0.4 is 10.6 Å². The van der Waals surface area contributed by atoms with Gasteiger partial charge in [0.05, 0.1) is 0 Å². The van der Waals surface area contributed by atoms with Crippen molar-refractivity contribution in [3.8, 4) is 0 Å². The molecule has 1 aromatic carbocycles. The Labute approximate surface area is 119 Å². The van der Waals surface area contributed by atoms with E-state index in [2.05, 4.69) is 17.2 Å². The number of nitrogens with one attached hydrogen (secondary N) is 2. The van der Waals surface area contributed by atoms with Crippen molar-refractivity contribution in [2.24, 2.45) is 0 Å². The minimum Gasteiger partial charge on any atom is -0.349 e. The molecule has 1 aromatic rings. The standard InChI is InChI=1S/C16H20N2O2/c1-2-10-17-15(19)12-6-5-7-13(11-12)16(20)18-14-8-3-4-9-14/h2,5-7,11,14H,1,3-4,8-10H2,(H,17,19)(H,18,20). The third kappa shape index (κ3) is 3.70. The Morgan fingerprint density at radius 2 is 1.85 bits per heavy atom.